The van der Waals surface area contributed by atoms with Gasteiger partial charge >= 0.3 is 0 Å². The van der Waals surface area contributed by atoms with Crippen molar-refractivity contribution in [1.29, 1.82) is 0 Å². The summed E-state index contributed by atoms with van der Waals surface area (Å²) in [5.41, 5.74) is 2.48. The van der Waals surface area contributed by atoms with Crippen LogP contribution in [-0.4, -0.2) is 12.2 Å². The van der Waals surface area contributed by atoms with E-state index >= 15 is 0 Å². The van der Waals surface area contributed by atoms with Crippen molar-refractivity contribution >= 4 is 11.6 Å². The number of halogens is 1. The second-order valence-electron chi connectivity index (χ2n) is 5.35. The van der Waals surface area contributed by atoms with Crippen LogP contribution in [0.1, 0.15) is 23.1 Å². The molecule has 1 aliphatic rings. The molecular weight excluding hydrogens is 272 g/mol. The molecule has 1 atom stereocenters. The summed E-state index contributed by atoms with van der Waals surface area (Å²) < 4.78 is 5.27. The highest BCUT2D eigenvalue weighted by molar-refractivity contribution is 6.30. The molecule has 0 saturated carbocycles. The van der Waals surface area contributed by atoms with Gasteiger partial charge in [0.1, 0.15) is 5.75 Å². The maximum atomic E-state index is 11.0. The summed E-state index contributed by atoms with van der Waals surface area (Å²) in [4.78, 5) is 0. The molecule has 0 bridgehead atoms. The fourth-order valence-electron chi connectivity index (χ4n) is 2.91. The number of benzene rings is 2. The van der Waals surface area contributed by atoms with Gasteiger partial charge in [0.15, 0.2) is 0 Å². The van der Waals surface area contributed by atoms with Crippen molar-refractivity contribution in [3.8, 4) is 5.75 Å². The number of aryl methyl sites for hydroxylation is 1. The minimum atomic E-state index is -0.843. The Morgan fingerprint density at radius 1 is 1.15 bits per heavy atom. The quantitative estimate of drug-likeness (QED) is 0.912. The van der Waals surface area contributed by atoms with Gasteiger partial charge < -0.3 is 9.84 Å². The van der Waals surface area contributed by atoms with Gasteiger partial charge in [-0.15, -0.1) is 0 Å². The lowest BCUT2D eigenvalue weighted by Gasteiger charge is -2.34. The zero-order valence-electron chi connectivity index (χ0n) is 11.4. The molecule has 1 aliphatic carbocycles. The third-order valence-electron chi connectivity index (χ3n) is 4.07. The molecule has 104 valence electrons. The summed E-state index contributed by atoms with van der Waals surface area (Å²) >= 11 is 6.04. The van der Waals surface area contributed by atoms with E-state index in [2.05, 4.69) is 6.07 Å². The molecule has 0 fully saturated rings. The molecule has 0 saturated heterocycles. The predicted octanol–water partition coefficient (Wildman–Crippen LogP) is 3.73. The molecule has 3 heteroatoms. The second-order valence-corrected chi connectivity index (χ2v) is 5.79. The van der Waals surface area contributed by atoms with E-state index in [-0.39, 0.29) is 0 Å². The van der Waals surface area contributed by atoms with Gasteiger partial charge in [-0.3, -0.25) is 0 Å². The number of hydrogen-bond donors (Lipinski definition) is 1. The van der Waals surface area contributed by atoms with Crippen LogP contribution in [0.25, 0.3) is 0 Å². The van der Waals surface area contributed by atoms with Crippen LogP contribution in [0.15, 0.2) is 42.5 Å². The van der Waals surface area contributed by atoms with Gasteiger partial charge in [0, 0.05) is 11.4 Å². The van der Waals surface area contributed by atoms with E-state index in [1.807, 2.05) is 36.4 Å². The summed E-state index contributed by atoms with van der Waals surface area (Å²) in [5.74, 6) is 0.832. The maximum Gasteiger partial charge on any atom is 0.119 e. The molecule has 2 aromatic rings. The second kappa shape index (κ2) is 5.12. The molecule has 1 N–H and O–H groups in total. The minimum Gasteiger partial charge on any atom is -0.497 e. The smallest absolute Gasteiger partial charge is 0.119 e. The van der Waals surface area contributed by atoms with Crippen LogP contribution in [0.2, 0.25) is 5.02 Å². The Labute approximate surface area is 124 Å². The van der Waals surface area contributed by atoms with Crippen molar-refractivity contribution < 1.29 is 9.84 Å². The first-order valence-electron chi connectivity index (χ1n) is 6.75. The standard InChI is InChI=1S/C17H17ClO2/c1-20-16-6-5-12-7-8-17(19,11-13(12)9-16)14-3-2-4-15(18)10-14/h2-6,9-10,19H,7-8,11H2,1H3. The van der Waals surface area contributed by atoms with Crippen molar-refractivity contribution in [2.24, 2.45) is 0 Å². The molecule has 0 amide bonds. The van der Waals surface area contributed by atoms with E-state index in [0.29, 0.717) is 17.9 Å². The molecule has 0 heterocycles. The molecule has 1 unspecified atom stereocenters. The lowest BCUT2D eigenvalue weighted by molar-refractivity contribution is 0.0222. The molecule has 0 aliphatic heterocycles. The van der Waals surface area contributed by atoms with Crippen LogP contribution in [0.4, 0.5) is 0 Å². The lowest BCUT2D eigenvalue weighted by atomic mass is 9.76. The highest BCUT2D eigenvalue weighted by Crippen LogP contribution is 2.38. The van der Waals surface area contributed by atoms with E-state index in [1.165, 1.54) is 5.56 Å². The van der Waals surface area contributed by atoms with Gasteiger partial charge in [0.2, 0.25) is 0 Å². The summed E-state index contributed by atoms with van der Waals surface area (Å²) in [6, 6.07) is 13.6. The van der Waals surface area contributed by atoms with E-state index in [1.54, 1.807) is 7.11 Å². The van der Waals surface area contributed by atoms with E-state index < -0.39 is 5.60 Å². The predicted molar refractivity (Wildman–Crippen MR) is 80.4 cm³/mol. The van der Waals surface area contributed by atoms with Gasteiger partial charge in [-0.05, 0) is 53.8 Å². The lowest BCUT2D eigenvalue weighted by Crippen LogP contribution is -2.33. The molecule has 0 spiro atoms. The first-order valence-corrected chi connectivity index (χ1v) is 7.13. The van der Waals surface area contributed by atoms with Crippen molar-refractivity contribution in [3.63, 3.8) is 0 Å². The number of ether oxygens (including phenoxy) is 1. The van der Waals surface area contributed by atoms with Crippen LogP contribution in [-0.2, 0) is 18.4 Å². The molecule has 2 aromatic carbocycles. The van der Waals surface area contributed by atoms with Gasteiger partial charge in [-0.1, -0.05) is 29.8 Å². The highest BCUT2D eigenvalue weighted by Gasteiger charge is 2.34. The zero-order chi connectivity index (χ0) is 14.2. The number of rotatable bonds is 2. The SMILES string of the molecule is COc1ccc2c(c1)CC(O)(c1cccc(Cl)c1)CC2. The average Bonchev–Trinajstić information content (AvgIpc) is 2.46. The first kappa shape index (κ1) is 13.5. The monoisotopic (exact) mass is 288 g/mol. The van der Waals surface area contributed by atoms with Crippen molar-refractivity contribution in [2.75, 3.05) is 7.11 Å². The number of fused-ring (bicyclic) bond motifs is 1. The Hall–Kier alpha value is -1.51. The topological polar surface area (TPSA) is 29.5 Å². The van der Waals surface area contributed by atoms with E-state index in [9.17, 15) is 5.11 Å². The van der Waals surface area contributed by atoms with Crippen LogP contribution in [0.5, 0.6) is 5.75 Å². The molecule has 3 rings (SSSR count). The minimum absolute atomic E-state index is 0.597. The molecule has 2 nitrogen and oxygen atoms in total. The molecule has 20 heavy (non-hydrogen) atoms. The Morgan fingerprint density at radius 2 is 2.00 bits per heavy atom. The van der Waals surface area contributed by atoms with Gasteiger partial charge in [-0.25, -0.2) is 0 Å². The molecular formula is C17H17ClO2. The first-order chi connectivity index (χ1) is 9.60. The van der Waals surface area contributed by atoms with E-state index in [4.69, 9.17) is 16.3 Å². The normalized spacial score (nSPS) is 21.4. The van der Waals surface area contributed by atoms with Crippen LogP contribution in [0, 0.1) is 0 Å². The number of aliphatic hydroxyl groups is 1. The Balaban J connectivity index is 1.97. The fourth-order valence-corrected chi connectivity index (χ4v) is 3.10. The number of methoxy groups -OCH3 is 1. The summed E-state index contributed by atoms with van der Waals surface area (Å²) in [5, 5.41) is 11.6. The van der Waals surface area contributed by atoms with E-state index in [0.717, 1.165) is 23.3 Å². The third kappa shape index (κ3) is 2.41. The van der Waals surface area contributed by atoms with Gasteiger partial charge in [0.05, 0.1) is 12.7 Å². The zero-order valence-corrected chi connectivity index (χ0v) is 12.2. The van der Waals surface area contributed by atoms with Crippen LogP contribution in [0.3, 0.4) is 0 Å². The molecule has 0 radical (unpaired) electrons. The highest BCUT2D eigenvalue weighted by atomic mass is 35.5. The third-order valence-corrected chi connectivity index (χ3v) is 4.30. The summed E-state index contributed by atoms with van der Waals surface area (Å²) in [6.07, 6.45) is 2.18. The molecule has 0 aromatic heterocycles. The number of hydrogen-bond acceptors (Lipinski definition) is 2. The van der Waals surface area contributed by atoms with Gasteiger partial charge in [-0.2, -0.15) is 0 Å². The summed E-state index contributed by atoms with van der Waals surface area (Å²) in [7, 11) is 1.66. The van der Waals surface area contributed by atoms with Crippen molar-refractivity contribution in [3.05, 3.63) is 64.2 Å². The fraction of sp³-hybridized carbons (Fsp3) is 0.294. The average molecular weight is 289 g/mol. The Morgan fingerprint density at radius 3 is 2.75 bits per heavy atom. The summed E-state index contributed by atoms with van der Waals surface area (Å²) in [6.45, 7) is 0. The largest absolute Gasteiger partial charge is 0.497 e. The van der Waals surface area contributed by atoms with Crippen molar-refractivity contribution in [2.45, 2.75) is 24.9 Å². The van der Waals surface area contributed by atoms with Crippen LogP contribution >= 0.6 is 11.6 Å². The van der Waals surface area contributed by atoms with Crippen LogP contribution < -0.4 is 4.74 Å². The Kier molecular flexibility index (Phi) is 3.45. The van der Waals surface area contributed by atoms with Crippen molar-refractivity contribution in [1.82, 2.24) is 0 Å². The van der Waals surface area contributed by atoms with Gasteiger partial charge in [0.25, 0.3) is 0 Å². The Bertz CT molecular complexity index is 639. The maximum absolute atomic E-state index is 11.0.